The van der Waals surface area contributed by atoms with Crippen LogP contribution in [-0.4, -0.2) is 36.2 Å². The Morgan fingerprint density at radius 2 is 2.08 bits per heavy atom. The summed E-state index contributed by atoms with van der Waals surface area (Å²) in [5, 5.41) is 11.0. The largest absolute Gasteiger partial charge is 0.387 e. The molecule has 2 aromatic heterocycles. The number of sulfone groups is 1. The maximum absolute atomic E-state index is 13.0. The van der Waals surface area contributed by atoms with Crippen molar-refractivity contribution in [3.63, 3.8) is 0 Å². The summed E-state index contributed by atoms with van der Waals surface area (Å²) >= 11 is 0. The third-order valence-corrected chi connectivity index (χ3v) is 6.55. The van der Waals surface area contributed by atoms with Crippen LogP contribution >= 0.6 is 0 Å². The quantitative estimate of drug-likeness (QED) is 0.718. The molecule has 0 radical (unpaired) electrons. The lowest BCUT2D eigenvalue weighted by molar-refractivity contribution is 0.0522. The third kappa shape index (κ3) is 3.13. The van der Waals surface area contributed by atoms with E-state index in [9.17, 15) is 13.5 Å². The Morgan fingerprint density at radius 3 is 2.81 bits per heavy atom. The van der Waals surface area contributed by atoms with Gasteiger partial charge in [-0.1, -0.05) is 18.2 Å². The van der Waals surface area contributed by atoms with Crippen LogP contribution in [0.25, 0.3) is 11.0 Å². The summed E-state index contributed by atoms with van der Waals surface area (Å²) in [6.07, 6.45) is 3.17. The van der Waals surface area contributed by atoms with Gasteiger partial charge in [-0.25, -0.2) is 13.4 Å². The zero-order valence-electron chi connectivity index (χ0n) is 14.1. The van der Waals surface area contributed by atoms with Gasteiger partial charge in [-0.3, -0.25) is 0 Å². The van der Waals surface area contributed by atoms with Gasteiger partial charge in [0.2, 0.25) is 9.84 Å². The lowest BCUT2D eigenvalue weighted by atomic mass is 10.1. The molecule has 3 heterocycles. The molecule has 0 aliphatic carbocycles. The fourth-order valence-electron chi connectivity index (χ4n) is 3.37. The molecule has 1 saturated heterocycles. The average Bonchev–Trinajstić information content (AvgIpc) is 3.31. The lowest BCUT2D eigenvalue weighted by Crippen LogP contribution is -2.11. The van der Waals surface area contributed by atoms with E-state index in [1.54, 1.807) is 36.4 Å². The van der Waals surface area contributed by atoms with Gasteiger partial charge in [-0.2, -0.15) is 0 Å². The zero-order chi connectivity index (χ0) is 18.1. The molecule has 3 aromatic rings. The molecule has 1 aromatic carbocycles. The molecule has 2 unspecified atom stereocenters. The Balaban J connectivity index is 1.72. The van der Waals surface area contributed by atoms with Crippen LogP contribution in [0.1, 0.15) is 31.1 Å². The van der Waals surface area contributed by atoms with E-state index < -0.39 is 15.9 Å². The fourth-order valence-corrected chi connectivity index (χ4v) is 4.82. The van der Waals surface area contributed by atoms with Gasteiger partial charge in [0.1, 0.15) is 5.65 Å². The molecule has 1 aliphatic rings. The van der Waals surface area contributed by atoms with Crippen LogP contribution in [0.3, 0.4) is 0 Å². The van der Waals surface area contributed by atoms with Gasteiger partial charge < -0.3 is 14.8 Å². The minimum atomic E-state index is -3.67. The van der Waals surface area contributed by atoms with Crippen LogP contribution < -0.4 is 0 Å². The molecule has 1 fully saturated rings. The number of rotatable bonds is 5. The number of hydrogen-bond donors (Lipinski definition) is 2. The Kier molecular flexibility index (Phi) is 4.52. The normalized spacial score (nSPS) is 19.0. The second-order valence-corrected chi connectivity index (χ2v) is 8.42. The van der Waals surface area contributed by atoms with Crippen LogP contribution in [0.5, 0.6) is 0 Å². The summed E-state index contributed by atoms with van der Waals surface area (Å²) in [4.78, 5) is 7.69. The predicted octanol–water partition coefficient (Wildman–Crippen LogP) is 3.00. The first-order chi connectivity index (χ1) is 12.6. The van der Waals surface area contributed by atoms with Crippen molar-refractivity contribution in [1.29, 1.82) is 0 Å². The van der Waals surface area contributed by atoms with Crippen molar-refractivity contribution in [1.82, 2.24) is 9.97 Å². The number of hydrogen-bond acceptors (Lipinski definition) is 5. The van der Waals surface area contributed by atoms with Crippen LogP contribution in [0.15, 0.2) is 58.5 Å². The van der Waals surface area contributed by atoms with Crippen molar-refractivity contribution in [2.75, 3.05) is 6.61 Å². The van der Waals surface area contributed by atoms with E-state index in [1.807, 2.05) is 0 Å². The van der Waals surface area contributed by atoms with Gasteiger partial charge in [-0.05, 0) is 37.1 Å². The van der Waals surface area contributed by atoms with E-state index in [1.165, 1.54) is 12.3 Å². The minimum Gasteiger partial charge on any atom is -0.387 e. The maximum atomic E-state index is 13.0. The maximum Gasteiger partial charge on any atom is 0.207 e. The van der Waals surface area contributed by atoms with Crippen molar-refractivity contribution in [2.45, 2.75) is 41.3 Å². The molecule has 6 nitrogen and oxygen atoms in total. The van der Waals surface area contributed by atoms with Gasteiger partial charge in [0.15, 0.2) is 0 Å². The number of H-pyrrole nitrogens is 1. The number of pyridine rings is 1. The second-order valence-electron chi connectivity index (χ2n) is 6.50. The average molecular weight is 372 g/mol. The van der Waals surface area contributed by atoms with E-state index in [0.29, 0.717) is 23.1 Å². The smallest absolute Gasteiger partial charge is 0.207 e. The summed E-state index contributed by atoms with van der Waals surface area (Å²) in [7, 11) is -3.67. The molecule has 7 heteroatoms. The van der Waals surface area contributed by atoms with Crippen LogP contribution in [-0.2, 0) is 14.6 Å². The van der Waals surface area contributed by atoms with E-state index >= 15 is 0 Å². The third-order valence-electron chi connectivity index (χ3n) is 4.72. The number of benzene rings is 1. The second kappa shape index (κ2) is 6.83. The highest BCUT2D eigenvalue weighted by atomic mass is 32.2. The van der Waals surface area contributed by atoms with Crippen LogP contribution in [0, 0.1) is 0 Å². The molecule has 1 aliphatic heterocycles. The number of ether oxygens (including phenoxy) is 1. The molecule has 136 valence electrons. The van der Waals surface area contributed by atoms with Crippen molar-refractivity contribution in [2.24, 2.45) is 0 Å². The van der Waals surface area contributed by atoms with E-state index in [2.05, 4.69) is 9.97 Å². The Labute approximate surface area is 151 Å². The van der Waals surface area contributed by atoms with Crippen LogP contribution in [0.4, 0.5) is 0 Å². The Morgan fingerprint density at radius 1 is 1.27 bits per heavy atom. The summed E-state index contributed by atoms with van der Waals surface area (Å²) in [6, 6.07) is 11.5. The van der Waals surface area contributed by atoms with Crippen molar-refractivity contribution in [3.05, 3.63) is 54.4 Å². The standard InChI is InChI=1S/C19H20N2O4S/c22-17(11-13-5-4-10-25-13)16-12-15-18(8-9-20-19(15)21-16)26(23,24)14-6-2-1-3-7-14/h1-3,6-9,12-13,17,22H,4-5,10-11H2,(H,20,21). The Hall–Kier alpha value is -2.22. The molecule has 4 rings (SSSR count). The van der Waals surface area contributed by atoms with E-state index in [0.717, 1.165) is 19.4 Å². The summed E-state index contributed by atoms with van der Waals surface area (Å²) in [5.41, 5.74) is 1.00. The van der Waals surface area contributed by atoms with E-state index in [4.69, 9.17) is 4.74 Å². The van der Waals surface area contributed by atoms with Crippen molar-refractivity contribution in [3.8, 4) is 0 Å². The Bertz CT molecular complexity index is 1010. The molecular weight excluding hydrogens is 352 g/mol. The van der Waals surface area contributed by atoms with Gasteiger partial charge in [0.05, 0.1) is 22.0 Å². The topological polar surface area (TPSA) is 92.3 Å². The molecule has 2 N–H and O–H groups in total. The van der Waals surface area contributed by atoms with E-state index in [-0.39, 0.29) is 15.9 Å². The van der Waals surface area contributed by atoms with Crippen LogP contribution in [0.2, 0.25) is 0 Å². The monoisotopic (exact) mass is 372 g/mol. The molecule has 0 amide bonds. The van der Waals surface area contributed by atoms with Gasteiger partial charge in [0.25, 0.3) is 0 Å². The molecule has 2 atom stereocenters. The SMILES string of the molecule is O=S(=O)(c1ccccc1)c1ccnc2[nH]c(C(O)CC3CCCO3)cc12. The summed E-state index contributed by atoms with van der Waals surface area (Å²) < 4.78 is 31.5. The van der Waals surface area contributed by atoms with Crippen molar-refractivity contribution < 1.29 is 18.3 Å². The first kappa shape index (κ1) is 17.2. The number of aliphatic hydroxyl groups is 1. The number of aromatic amines is 1. The highest BCUT2D eigenvalue weighted by molar-refractivity contribution is 7.91. The first-order valence-corrected chi connectivity index (χ1v) is 10.1. The van der Waals surface area contributed by atoms with Crippen molar-refractivity contribution >= 4 is 20.9 Å². The fraction of sp³-hybridized carbons (Fsp3) is 0.316. The first-order valence-electron chi connectivity index (χ1n) is 8.63. The molecule has 0 saturated carbocycles. The molecule has 0 bridgehead atoms. The summed E-state index contributed by atoms with van der Waals surface area (Å²) in [5.74, 6) is 0. The van der Waals surface area contributed by atoms with Gasteiger partial charge in [-0.15, -0.1) is 0 Å². The molecular formula is C19H20N2O4S. The highest BCUT2D eigenvalue weighted by Crippen LogP contribution is 2.31. The van der Waals surface area contributed by atoms with Gasteiger partial charge in [0, 0.05) is 30.3 Å². The number of nitrogens with zero attached hydrogens (tertiary/aromatic N) is 1. The summed E-state index contributed by atoms with van der Waals surface area (Å²) in [6.45, 7) is 0.727. The van der Waals surface area contributed by atoms with Gasteiger partial charge >= 0.3 is 0 Å². The number of nitrogens with one attached hydrogen (secondary N) is 1. The molecule has 26 heavy (non-hydrogen) atoms. The minimum absolute atomic E-state index is 0.0388. The number of aliphatic hydroxyl groups excluding tert-OH is 1. The number of fused-ring (bicyclic) bond motifs is 1. The lowest BCUT2D eigenvalue weighted by Gasteiger charge is -2.13. The highest BCUT2D eigenvalue weighted by Gasteiger charge is 2.25. The predicted molar refractivity (Wildman–Crippen MR) is 96.5 cm³/mol. The zero-order valence-corrected chi connectivity index (χ0v) is 14.9. The molecule has 0 spiro atoms. The number of aromatic nitrogens is 2.